The Morgan fingerprint density at radius 2 is 2.04 bits per heavy atom. The van der Waals surface area contributed by atoms with Gasteiger partial charge in [0, 0.05) is 28.7 Å². The zero-order valence-corrected chi connectivity index (χ0v) is 16.8. The minimum atomic E-state index is -3.03. The maximum atomic E-state index is 12.9. The standard InChI is InChI=1S/C17H17BrN2O3S2/c1-20(13-8-9-25(22,23)11-13)17(21)14-4-2-3-5-15(14)24-16-7-6-12(18)10-19-16/h2-7,10,13H,8-9,11H2,1H3. The van der Waals surface area contributed by atoms with Crippen molar-refractivity contribution >= 4 is 43.4 Å². The molecule has 0 N–H and O–H groups in total. The second-order valence-electron chi connectivity index (χ2n) is 5.89. The number of sulfone groups is 1. The Labute approximate surface area is 159 Å². The molecule has 1 fully saturated rings. The van der Waals surface area contributed by atoms with Gasteiger partial charge in [-0.1, -0.05) is 23.9 Å². The summed E-state index contributed by atoms with van der Waals surface area (Å²) in [6, 6.07) is 10.8. The third-order valence-corrected chi connectivity index (χ3v) is 7.35. The van der Waals surface area contributed by atoms with Crippen LogP contribution in [0.2, 0.25) is 0 Å². The number of benzene rings is 1. The summed E-state index contributed by atoms with van der Waals surface area (Å²) in [6.45, 7) is 0. The Balaban J connectivity index is 1.82. The number of hydrogen-bond donors (Lipinski definition) is 0. The lowest BCUT2D eigenvalue weighted by Gasteiger charge is -2.24. The van der Waals surface area contributed by atoms with Crippen molar-refractivity contribution in [1.82, 2.24) is 9.88 Å². The molecule has 0 spiro atoms. The maximum Gasteiger partial charge on any atom is 0.255 e. The highest BCUT2D eigenvalue weighted by Gasteiger charge is 2.33. The maximum absolute atomic E-state index is 12.9. The molecule has 5 nitrogen and oxygen atoms in total. The molecule has 132 valence electrons. The molecule has 1 unspecified atom stereocenters. The van der Waals surface area contributed by atoms with Gasteiger partial charge in [-0.25, -0.2) is 13.4 Å². The minimum Gasteiger partial charge on any atom is -0.338 e. The number of aromatic nitrogens is 1. The van der Waals surface area contributed by atoms with Crippen LogP contribution in [0.4, 0.5) is 0 Å². The fraction of sp³-hybridized carbons (Fsp3) is 0.294. The molecule has 0 saturated carbocycles. The van der Waals surface area contributed by atoms with Crippen LogP contribution >= 0.6 is 27.7 Å². The molecule has 1 saturated heterocycles. The van der Waals surface area contributed by atoms with E-state index in [0.29, 0.717) is 12.0 Å². The van der Waals surface area contributed by atoms with Gasteiger partial charge in [0.1, 0.15) is 5.03 Å². The summed E-state index contributed by atoms with van der Waals surface area (Å²) < 4.78 is 24.3. The fourth-order valence-corrected chi connectivity index (χ4v) is 5.59. The lowest BCUT2D eigenvalue weighted by Crippen LogP contribution is -2.38. The monoisotopic (exact) mass is 440 g/mol. The van der Waals surface area contributed by atoms with Crippen LogP contribution in [0.1, 0.15) is 16.8 Å². The van der Waals surface area contributed by atoms with E-state index in [-0.39, 0.29) is 23.5 Å². The fourth-order valence-electron chi connectivity index (χ4n) is 2.70. The zero-order chi connectivity index (χ0) is 18.0. The summed E-state index contributed by atoms with van der Waals surface area (Å²) in [4.78, 5) is 19.6. The topological polar surface area (TPSA) is 67.3 Å². The van der Waals surface area contributed by atoms with Crippen LogP contribution in [0.5, 0.6) is 0 Å². The Hall–Kier alpha value is -1.38. The average molecular weight is 441 g/mol. The Kier molecular flexibility index (Phi) is 5.50. The number of hydrogen-bond acceptors (Lipinski definition) is 5. The molecule has 3 rings (SSSR count). The van der Waals surface area contributed by atoms with Gasteiger partial charge >= 0.3 is 0 Å². The van der Waals surface area contributed by atoms with Gasteiger partial charge in [-0.3, -0.25) is 4.79 Å². The van der Waals surface area contributed by atoms with Gasteiger partial charge in [-0.15, -0.1) is 0 Å². The molecule has 1 atom stereocenters. The second kappa shape index (κ2) is 7.47. The van der Waals surface area contributed by atoms with Crippen molar-refractivity contribution in [1.29, 1.82) is 0 Å². The molecule has 1 aliphatic heterocycles. The van der Waals surface area contributed by atoms with Gasteiger partial charge in [-0.05, 0) is 46.6 Å². The van der Waals surface area contributed by atoms with E-state index in [9.17, 15) is 13.2 Å². The predicted molar refractivity (Wildman–Crippen MR) is 102 cm³/mol. The van der Waals surface area contributed by atoms with E-state index in [4.69, 9.17) is 0 Å². The first-order valence-corrected chi connectivity index (χ1v) is 11.1. The zero-order valence-electron chi connectivity index (χ0n) is 13.6. The van der Waals surface area contributed by atoms with Crippen LogP contribution < -0.4 is 0 Å². The summed E-state index contributed by atoms with van der Waals surface area (Å²) in [6.07, 6.45) is 2.20. The number of pyridine rings is 1. The van der Waals surface area contributed by atoms with Gasteiger partial charge in [0.2, 0.25) is 0 Å². The first kappa shape index (κ1) is 18.4. The summed E-state index contributed by atoms with van der Waals surface area (Å²) >= 11 is 4.77. The first-order valence-electron chi connectivity index (χ1n) is 7.72. The molecule has 1 aromatic heterocycles. The number of halogens is 1. The molecule has 0 aliphatic carbocycles. The first-order chi connectivity index (χ1) is 11.9. The molecule has 25 heavy (non-hydrogen) atoms. The molecular weight excluding hydrogens is 424 g/mol. The molecule has 2 aromatic rings. The predicted octanol–water partition coefficient (Wildman–Crippen LogP) is 3.25. The van der Waals surface area contributed by atoms with Crippen LogP contribution in [-0.2, 0) is 9.84 Å². The van der Waals surface area contributed by atoms with Gasteiger partial charge in [0.05, 0.1) is 17.1 Å². The van der Waals surface area contributed by atoms with Crippen molar-refractivity contribution in [2.75, 3.05) is 18.6 Å². The molecule has 1 amide bonds. The van der Waals surface area contributed by atoms with Crippen LogP contribution in [0.3, 0.4) is 0 Å². The van der Waals surface area contributed by atoms with Crippen molar-refractivity contribution in [2.45, 2.75) is 22.4 Å². The largest absolute Gasteiger partial charge is 0.338 e. The SMILES string of the molecule is CN(C(=O)c1ccccc1Sc1ccc(Br)cn1)C1CCS(=O)(=O)C1. The Bertz CT molecular complexity index is 885. The molecule has 0 bridgehead atoms. The van der Waals surface area contributed by atoms with Crippen LogP contribution in [0.25, 0.3) is 0 Å². The quantitative estimate of drug-likeness (QED) is 0.729. The molecule has 1 aliphatic rings. The highest BCUT2D eigenvalue weighted by molar-refractivity contribution is 9.10. The van der Waals surface area contributed by atoms with Crippen molar-refractivity contribution in [2.24, 2.45) is 0 Å². The normalized spacial score (nSPS) is 18.9. The van der Waals surface area contributed by atoms with E-state index in [2.05, 4.69) is 20.9 Å². The van der Waals surface area contributed by atoms with Crippen LogP contribution in [0, 0.1) is 0 Å². The smallest absolute Gasteiger partial charge is 0.255 e. The molecule has 8 heteroatoms. The molecule has 2 heterocycles. The van der Waals surface area contributed by atoms with Crippen molar-refractivity contribution < 1.29 is 13.2 Å². The summed E-state index contributed by atoms with van der Waals surface area (Å²) in [5.74, 6) is 0.0233. The second-order valence-corrected chi connectivity index (χ2v) is 10.1. The Morgan fingerprint density at radius 3 is 2.68 bits per heavy atom. The highest BCUT2D eigenvalue weighted by Crippen LogP contribution is 2.31. The van der Waals surface area contributed by atoms with Crippen LogP contribution in [0.15, 0.2) is 57.0 Å². The summed E-state index contributed by atoms with van der Waals surface area (Å²) in [5, 5.41) is 0.787. The van der Waals surface area contributed by atoms with E-state index in [0.717, 1.165) is 14.4 Å². The number of carbonyl (C=O) groups excluding carboxylic acids is 1. The molecule has 1 aromatic carbocycles. The van der Waals surface area contributed by atoms with E-state index in [1.165, 1.54) is 11.8 Å². The van der Waals surface area contributed by atoms with Gasteiger partial charge < -0.3 is 4.90 Å². The summed E-state index contributed by atoms with van der Waals surface area (Å²) in [5.41, 5.74) is 0.559. The summed E-state index contributed by atoms with van der Waals surface area (Å²) in [7, 11) is -1.36. The number of carbonyl (C=O) groups is 1. The van der Waals surface area contributed by atoms with E-state index in [1.54, 1.807) is 24.2 Å². The minimum absolute atomic E-state index is 0.0405. The highest BCUT2D eigenvalue weighted by atomic mass is 79.9. The van der Waals surface area contributed by atoms with E-state index >= 15 is 0 Å². The lowest BCUT2D eigenvalue weighted by atomic mass is 10.1. The number of nitrogens with zero attached hydrogens (tertiary/aromatic N) is 2. The molecule has 0 radical (unpaired) electrons. The van der Waals surface area contributed by atoms with E-state index in [1.807, 2.05) is 30.3 Å². The number of rotatable bonds is 4. The van der Waals surface area contributed by atoms with Crippen LogP contribution in [-0.4, -0.2) is 48.8 Å². The van der Waals surface area contributed by atoms with Gasteiger partial charge in [0.15, 0.2) is 9.84 Å². The third-order valence-electron chi connectivity index (χ3n) is 4.11. The van der Waals surface area contributed by atoms with Gasteiger partial charge in [-0.2, -0.15) is 0 Å². The van der Waals surface area contributed by atoms with E-state index < -0.39 is 9.84 Å². The number of amides is 1. The van der Waals surface area contributed by atoms with Crippen molar-refractivity contribution in [3.8, 4) is 0 Å². The molecular formula is C17H17BrN2O3S2. The van der Waals surface area contributed by atoms with Crippen molar-refractivity contribution in [3.05, 3.63) is 52.6 Å². The lowest BCUT2D eigenvalue weighted by molar-refractivity contribution is 0.0744. The third kappa shape index (κ3) is 4.43. The van der Waals surface area contributed by atoms with Crippen molar-refractivity contribution in [3.63, 3.8) is 0 Å². The average Bonchev–Trinajstić information content (AvgIpc) is 2.96. The van der Waals surface area contributed by atoms with Gasteiger partial charge in [0.25, 0.3) is 5.91 Å². The Morgan fingerprint density at radius 1 is 1.28 bits per heavy atom.